The highest BCUT2D eigenvalue weighted by atomic mass is 32.1. The molecule has 1 amide bonds. The number of hydrogen-bond acceptors (Lipinski definition) is 5. The summed E-state index contributed by atoms with van der Waals surface area (Å²) in [6, 6.07) is 17.3. The second-order valence-corrected chi connectivity index (χ2v) is 6.74. The van der Waals surface area contributed by atoms with E-state index in [1.54, 1.807) is 11.5 Å². The van der Waals surface area contributed by atoms with Crippen LogP contribution in [0.4, 0.5) is 5.13 Å². The fraction of sp³-hybridized carbons (Fsp3) is 0.0952. The summed E-state index contributed by atoms with van der Waals surface area (Å²) in [5.41, 5.74) is 2.37. The minimum absolute atomic E-state index is 0.166. The largest absolute Gasteiger partial charge is 0.489 e. The van der Waals surface area contributed by atoms with Gasteiger partial charge >= 0.3 is 5.97 Å². The summed E-state index contributed by atoms with van der Waals surface area (Å²) in [6.07, 6.45) is 2.92. The van der Waals surface area contributed by atoms with Crippen molar-refractivity contribution in [3.8, 4) is 5.75 Å². The molecule has 1 aromatic heterocycles. The molecule has 0 saturated carbocycles. The number of nitrogens with zero attached hydrogens (tertiary/aromatic N) is 1. The molecule has 2 aromatic carbocycles. The first kappa shape index (κ1) is 19.3. The van der Waals surface area contributed by atoms with Crippen molar-refractivity contribution in [2.24, 2.45) is 0 Å². The normalized spacial score (nSPS) is 10.7. The maximum Gasteiger partial charge on any atom is 0.309 e. The van der Waals surface area contributed by atoms with Gasteiger partial charge in [0.15, 0.2) is 5.13 Å². The van der Waals surface area contributed by atoms with E-state index >= 15 is 0 Å². The number of thiazole rings is 1. The summed E-state index contributed by atoms with van der Waals surface area (Å²) in [4.78, 5) is 26.7. The third-order valence-electron chi connectivity index (χ3n) is 3.67. The van der Waals surface area contributed by atoms with Gasteiger partial charge in [-0.2, -0.15) is 0 Å². The molecule has 0 bridgehead atoms. The van der Waals surface area contributed by atoms with E-state index in [2.05, 4.69) is 10.3 Å². The van der Waals surface area contributed by atoms with Gasteiger partial charge in [-0.25, -0.2) is 4.98 Å². The van der Waals surface area contributed by atoms with Gasteiger partial charge in [0.2, 0.25) is 5.91 Å². The lowest BCUT2D eigenvalue weighted by molar-refractivity contribution is -0.136. The highest BCUT2D eigenvalue weighted by Gasteiger charge is 2.07. The third kappa shape index (κ3) is 6.07. The number of carboxylic acids is 1. The van der Waals surface area contributed by atoms with Crippen molar-refractivity contribution in [3.05, 3.63) is 82.9 Å². The zero-order chi connectivity index (χ0) is 19.8. The molecule has 3 rings (SSSR count). The molecular weight excluding hydrogens is 376 g/mol. The van der Waals surface area contributed by atoms with E-state index in [4.69, 9.17) is 9.84 Å². The van der Waals surface area contributed by atoms with E-state index in [0.29, 0.717) is 17.4 Å². The Balaban J connectivity index is 1.50. The van der Waals surface area contributed by atoms with Crippen molar-refractivity contribution >= 4 is 34.4 Å². The number of aliphatic carboxylic acids is 1. The van der Waals surface area contributed by atoms with Crippen LogP contribution in [0.15, 0.2) is 66.1 Å². The molecule has 7 heteroatoms. The number of anilines is 1. The fourth-order valence-electron chi connectivity index (χ4n) is 2.34. The molecule has 0 fully saturated rings. The molecule has 0 radical (unpaired) electrons. The number of rotatable bonds is 8. The van der Waals surface area contributed by atoms with Gasteiger partial charge in [-0.05, 0) is 29.3 Å². The first-order valence-corrected chi connectivity index (χ1v) is 9.38. The lowest BCUT2D eigenvalue weighted by Crippen LogP contribution is -2.08. The van der Waals surface area contributed by atoms with Gasteiger partial charge in [-0.15, -0.1) is 11.3 Å². The molecule has 0 aliphatic heterocycles. The number of amides is 1. The standard InChI is InChI=1S/C21H18N2O4S/c24-19(23-21-22-17(14-28-21)12-20(25)26)11-8-15-6-9-18(10-7-15)27-13-16-4-2-1-3-5-16/h1-11,14H,12-13H2,(H,25,26)(H,22,23,24)/b11-8+. The minimum Gasteiger partial charge on any atom is -0.489 e. The van der Waals surface area contributed by atoms with Gasteiger partial charge in [-0.1, -0.05) is 42.5 Å². The summed E-state index contributed by atoms with van der Waals surface area (Å²) in [7, 11) is 0. The summed E-state index contributed by atoms with van der Waals surface area (Å²) >= 11 is 1.19. The Kier molecular flexibility index (Phi) is 6.54. The Morgan fingerprint density at radius 3 is 2.57 bits per heavy atom. The van der Waals surface area contributed by atoms with Crippen LogP contribution < -0.4 is 10.1 Å². The highest BCUT2D eigenvalue weighted by molar-refractivity contribution is 7.14. The van der Waals surface area contributed by atoms with Crippen LogP contribution in [0.3, 0.4) is 0 Å². The van der Waals surface area contributed by atoms with Gasteiger partial charge in [0.25, 0.3) is 0 Å². The molecule has 0 atom stereocenters. The van der Waals surface area contributed by atoms with E-state index in [9.17, 15) is 9.59 Å². The van der Waals surface area contributed by atoms with Crippen molar-refractivity contribution in [1.29, 1.82) is 0 Å². The molecular formula is C21H18N2O4S. The zero-order valence-corrected chi connectivity index (χ0v) is 15.7. The van der Waals surface area contributed by atoms with Crippen LogP contribution in [0.1, 0.15) is 16.8 Å². The van der Waals surface area contributed by atoms with E-state index in [-0.39, 0.29) is 12.3 Å². The number of carbonyl (C=O) groups excluding carboxylic acids is 1. The van der Waals surface area contributed by atoms with Gasteiger partial charge in [-0.3, -0.25) is 14.9 Å². The van der Waals surface area contributed by atoms with Crippen molar-refractivity contribution in [2.45, 2.75) is 13.0 Å². The fourth-order valence-corrected chi connectivity index (χ4v) is 3.05. The van der Waals surface area contributed by atoms with Crippen LogP contribution >= 0.6 is 11.3 Å². The molecule has 0 saturated heterocycles. The molecule has 2 N–H and O–H groups in total. The summed E-state index contributed by atoms with van der Waals surface area (Å²) < 4.78 is 5.73. The Morgan fingerprint density at radius 2 is 1.86 bits per heavy atom. The lowest BCUT2D eigenvalue weighted by Gasteiger charge is -2.06. The van der Waals surface area contributed by atoms with Gasteiger partial charge in [0.05, 0.1) is 12.1 Å². The molecule has 6 nitrogen and oxygen atoms in total. The predicted octanol–water partition coefficient (Wildman–Crippen LogP) is 4.00. The summed E-state index contributed by atoms with van der Waals surface area (Å²) in [5.74, 6) is -0.543. The SMILES string of the molecule is O=C(O)Cc1csc(NC(=O)/C=C/c2ccc(OCc3ccccc3)cc2)n1. The molecule has 3 aromatic rings. The van der Waals surface area contributed by atoms with Crippen molar-refractivity contribution < 1.29 is 19.4 Å². The predicted molar refractivity (Wildman–Crippen MR) is 108 cm³/mol. The first-order chi connectivity index (χ1) is 13.6. The number of aromatic nitrogens is 1. The summed E-state index contributed by atoms with van der Waals surface area (Å²) in [6.45, 7) is 0.496. The molecule has 1 heterocycles. The molecule has 0 aliphatic rings. The van der Waals surface area contributed by atoms with E-state index in [0.717, 1.165) is 16.9 Å². The number of hydrogen-bond donors (Lipinski definition) is 2. The van der Waals surface area contributed by atoms with Crippen LogP contribution in [0.5, 0.6) is 5.75 Å². The number of nitrogens with one attached hydrogen (secondary N) is 1. The number of carbonyl (C=O) groups is 2. The molecule has 28 heavy (non-hydrogen) atoms. The monoisotopic (exact) mass is 394 g/mol. The zero-order valence-electron chi connectivity index (χ0n) is 14.9. The maximum absolute atomic E-state index is 12.0. The molecule has 0 unspecified atom stereocenters. The Bertz CT molecular complexity index is 966. The van der Waals surface area contributed by atoms with Gasteiger partial charge < -0.3 is 9.84 Å². The third-order valence-corrected chi connectivity index (χ3v) is 4.48. The summed E-state index contributed by atoms with van der Waals surface area (Å²) in [5, 5.41) is 13.3. The van der Waals surface area contributed by atoms with E-state index < -0.39 is 5.97 Å². The molecule has 0 aliphatic carbocycles. The van der Waals surface area contributed by atoms with E-state index in [1.165, 1.54) is 17.4 Å². The molecule has 0 spiro atoms. The van der Waals surface area contributed by atoms with Crippen molar-refractivity contribution in [1.82, 2.24) is 4.98 Å². The van der Waals surface area contributed by atoms with Crippen molar-refractivity contribution in [2.75, 3.05) is 5.32 Å². The van der Waals surface area contributed by atoms with Gasteiger partial charge in [0.1, 0.15) is 12.4 Å². The molecule has 142 valence electrons. The Hall–Kier alpha value is -3.45. The second-order valence-electron chi connectivity index (χ2n) is 5.88. The van der Waals surface area contributed by atoms with Gasteiger partial charge in [0, 0.05) is 11.5 Å². The number of ether oxygens (including phenoxy) is 1. The number of carboxylic acid groups (broad SMARTS) is 1. The average Bonchev–Trinajstić information content (AvgIpc) is 3.12. The first-order valence-electron chi connectivity index (χ1n) is 8.50. The minimum atomic E-state index is -0.959. The topological polar surface area (TPSA) is 88.5 Å². The number of benzene rings is 2. The average molecular weight is 394 g/mol. The van der Waals surface area contributed by atoms with Crippen molar-refractivity contribution in [3.63, 3.8) is 0 Å². The van der Waals surface area contributed by atoms with Crippen LogP contribution in [-0.2, 0) is 22.6 Å². The highest BCUT2D eigenvalue weighted by Crippen LogP contribution is 2.17. The quantitative estimate of drug-likeness (QED) is 0.564. The van der Waals surface area contributed by atoms with Crippen LogP contribution in [-0.4, -0.2) is 22.0 Å². The van der Waals surface area contributed by atoms with Crippen LogP contribution in [0.25, 0.3) is 6.08 Å². The smallest absolute Gasteiger partial charge is 0.309 e. The Labute approximate surface area is 166 Å². The second kappa shape index (κ2) is 9.48. The van der Waals surface area contributed by atoms with Crippen LogP contribution in [0, 0.1) is 0 Å². The van der Waals surface area contributed by atoms with E-state index in [1.807, 2.05) is 54.6 Å². The Morgan fingerprint density at radius 1 is 1.11 bits per heavy atom. The van der Waals surface area contributed by atoms with Crippen LogP contribution in [0.2, 0.25) is 0 Å². The maximum atomic E-state index is 12.0. The lowest BCUT2D eigenvalue weighted by atomic mass is 10.2.